The van der Waals surface area contributed by atoms with Crippen molar-refractivity contribution >= 4 is 18.0 Å². The second kappa shape index (κ2) is 9.58. The number of nitrogens with two attached hydrogens (primary N) is 1. The van der Waals surface area contributed by atoms with Crippen molar-refractivity contribution in [1.82, 2.24) is 4.90 Å². The zero-order chi connectivity index (χ0) is 19.1. The molecule has 0 fully saturated rings. The first-order valence-corrected chi connectivity index (χ1v) is 8.04. The van der Waals surface area contributed by atoms with Gasteiger partial charge in [0.2, 0.25) is 12.1 Å². The van der Waals surface area contributed by atoms with Crippen LogP contribution in [0.15, 0.2) is 0 Å². The number of rotatable bonds is 7. The number of carbonyl (C=O) groups is 3. The summed E-state index contributed by atoms with van der Waals surface area (Å²) in [6, 6.07) is -0.503. The first-order chi connectivity index (χ1) is 10.9. The fourth-order valence-electron chi connectivity index (χ4n) is 1.98. The van der Waals surface area contributed by atoms with E-state index < -0.39 is 35.8 Å². The Morgan fingerprint density at radius 2 is 1.75 bits per heavy atom. The Labute approximate surface area is 143 Å². The summed E-state index contributed by atoms with van der Waals surface area (Å²) in [5.41, 5.74) is 4.98. The molecule has 8 heteroatoms. The van der Waals surface area contributed by atoms with Gasteiger partial charge in [0.25, 0.3) is 0 Å². The van der Waals surface area contributed by atoms with Crippen molar-refractivity contribution < 1.29 is 29.0 Å². The van der Waals surface area contributed by atoms with Gasteiger partial charge in [-0.2, -0.15) is 0 Å². The molecule has 3 N–H and O–H groups in total. The molecule has 2 amide bonds. The molecule has 24 heavy (non-hydrogen) atoms. The molecule has 2 atom stereocenters. The number of aliphatic hydroxyl groups excluding tert-OH is 1. The SMILES string of the molecule is CCOC(=O)C(O)N(C(=O)CC(N)CC(C)C)C(=O)OC(C)(C)C. The van der Waals surface area contributed by atoms with Crippen molar-refractivity contribution in [1.29, 1.82) is 0 Å². The molecule has 0 aromatic heterocycles. The Bertz CT molecular complexity index is 444. The van der Waals surface area contributed by atoms with E-state index in [2.05, 4.69) is 4.74 Å². The second-order valence-electron chi connectivity index (χ2n) is 6.96. The third kappa shape index (κ3) is 8.26. The molecule has 8 nitrogen and oxygen atoms in total. The van der Waals surface area contributed by atoms with Gasteiger partial charge in [0, 0.05) is 12.5 Å². The maximum Gasteiger partial charge on any atom is 0.419 e. The molecule has 0 saturated carbocycles. The summed E-state index contributed by atoms with van der Waals surface area (Å²) in [5, 5.41) is 10.0. The average Bonchev–Trinajstić information content (AvgIpc) is 2.35. The van der Waals surface area contributed by atoms with E-state index in [1.165, 1.54) is 0 Å². The molecule has 0 heterocycles. The molecule has 0 aliphatic carbocycles. The topological polar surface area (TPSA) is 119 Å². The molecule has 2 unspecified atom stereocenters. The van der Waals surface area contributed by atoms with Crippen LogP contribution in [0, 0.1) is 5.92 Å². The van der Waals surface area contributed by atoms with Gasteiger partial charge in [-0.3, -0.25) is 4.79 Å². The first kappa shape index (κ1) is 22.3. The highest BCUT2D eigenvalue weighted by Gasteiger charge is 2.37. The lowest BCUT2D eigenvalue weighted by Gasteiger charge is -2.29. The number of aliphatic hydroxyl groups is 1. The minimum absolute atomic E-state index is 0.000887. The van der Waals surface area contributed by atoms with Gasteiger partial charge in [-0.05, 0) is 40.0 Å². The van der Waals surface area contributed by atoms with E-state index in [-0.39, 0.29) is 18.9 Å². The maximum absolute atomic E-state index is 12.4. The second-order valence-corrected chi connectivity index (χ2v) is 6.96. The van der Waals surface area contributed by atoms with Gasteiger partial charge in [0.05, 0.1) is 6.61 Å². The number of esters is 1. The number of carbonyl (C=O) groups excluding carboxylic acids is 3. The molecular formula is C16H30N2O6. The van der Waals surface area contributed by atoms with Gasteiger partial charge in [-0.15, -0.1) is 0 Å². The van der Waals surface area contributed by atoms with Gasteiger partial charge in [0.1, 0.15) is 5.60 Å². The molecule has 0 bridgehead atoms. The Morgan fingerprint density at radius 1 is 1.21 bits per heavy atom. The third-order valence-electron chi connectivity index (χ3n) is 2.81. The molecule has 0 aromatic carbocycles. The van der Waals surface area contributed by atoms with Crippen LogP contribution in [-0.4, -0.2) is 52.5 Å². The lowest BCUT2D eigenvalue weighted by Crippen LogP contribution is -2.52. The van der Waals surface area contributed by atoms with Crippen LogP contribution in [0.25, 0.3) is 0 Å². The van der Waals surface area contributed by atoms with E-state index in [0.29, 0.717) is 11.3 Å². The van der Waals surface area contributed by atoms with E-state index in [0.717, 1.165) is 0 Å². The highest BCUT2D eigenvalue weighted by molar-refractivity contribution is 5.96. The van der Waals surface area contributed by atoms with Crippen LogP contribution in [0.1, 0.15) is 54.4 Å². The lowest BCUT2D eigenvalue weighted by atomic mass is 10.0. The number of hydrogen-bond donors (Lipinski definition) is 2. The van der Waals surface area contributed by atoms with Gasteiger partial charge in [-0.25, -0.2) is 14.5 Å². The van der Waals surface area contributed by atoms with Crippen LogP contribution in [0.5, 0.6) is 0 Å². The molecule has 0 aromatic rings. The van der Waals surface area contributed by atoms with Gasteiger partial charge in [0.15, 0.2) is 0 Å². The largest absolute Gasteiger partial charge is 0.463 e. The number of hydrogen-bond acceptors (Lipinski definition) is 7. The van der Waals surface area contributed by atoms with Crippen LogP contribution in [0.3, 0.4) is 0 Å². The zero-order valence-electron chi connectivity index (χ0n) is 15.4. The quantitative estimate of drug-likeness (QED) is 0.528. The predicted octanol–water partition coefficient (Wildman–Crippen LogP) is 1.40. The Balaban J connectivity index is 5.26. The summed E-state index contributed by atoms with van der Waals surface area (Å²) < 4.78 is 9.75. The van der Waals surface area contributed by atoms with E-state index in [1.54, 1.807) is 27.7 Å². The van der Waals surface area contributed by atoms with E-state index in [4.69, 9.17) is 10.5 Å². The van der Waals surface area contributed by atoms with Crippen LogP contribution < -0.4 is 5.73 Å². The van der Waals surface area contributed by atoms with Crippen LogP contribution >= 0.6 is 0 Å². The number of amides is 2. The van der Waals surface area contributed by atoms with Crippen molar-refractivity contribution in [3.8, 4) is 0 Å². The molecule has 0 saturated heterocycles. The summed E-state index contributed by atoms with van der Waals surface area (Å²) in [7, 11) is 0. The number of imide groups is 1. The number of ether oxygens (including phenoxy) is 2. The Hall–Kier alpha value is -1.67. The molecule has 0 aliphatic rings. The van der Waals surface area contributed by atoms with Crippen LogP contribution in [0.2, 0.25) is 0 Å². The van der Waals surface area contributed by atoms with Gasteiger partial charge in [-0.1, -0.05) is 13.8 Å². The summed E-state index contributed by atoms with van der Waals surface area (Å²) >= 11 is 0. The van der Waals surface area contributed by atoms with Crippen molar-refractivity contribution in [2.45, 2.75) is 72.3 Å². The third-order valence-corrected chi connectivity index (χ3v) is 2.81. The minimum Gasteiger partial charge on any atom is -0.463 e. The molecular weight excluding hydrogens is 316 g/mol. The van der Waals surface area contributed by atoms with Crippen molar-refractivity contribution in [3.05, 3.63) is 0 Å². The molecule has 0 spiro atoms. The Morgan fingerprint density at radius 3 is 2.17 bits per heavy atom. The fraction of sp³-hybridized carbons (Fsp3) is 0.812. The van der Waals surface area contributed by atoms with Crippen LogP contribution in [0.4, 0.5) is 4.79 Å². The van der Waals surface area contributed by atoms with Gasteiger partial charge >= 0.3 is 12.1 Å². The highest BCUT2D eigenvalue weighted by Crippen LogP contribution is 2.15. The normalized spacial score (nSPS) is 14.0. The zero-order valence-corrected chi connectivity index (χ0v) is 15.4. The van der Waals surface area contributed by atoms with Crippen LogP contribution in [-0.2, 0) is 19.1 Å². The average molecular weight is 346 g/mol. The lowest BCUT2D eigenvalue weighted by molar-refractivity contribution is -0.168. The molecule has 0 radical (unpaired) electrons. The van der Waals surface area contributed by atoms with E-state index >= 15 is 0 Å². The van der Waals surface area contributed by atoms with Crippen molar-refractivity contribution in [2.24, 2.45) is 11.7 Å². The number of nitrogens with zero attached hydrogens (tertiary/aromatic N) is 1. The van der Waals surface area contributed by atoms with Gasteiger partial charge < -0.3 is 20.3 Å². The molecule has 140 valence electrons. The summed E-state index contributed by atoms with van der Waals surface area (Å²) in [4.78, 5) is 36.7. The summed E-state index contributed by atoms with van der Waals surface area (Å²) in [6.45, 7) is 10.3. The molecule has 0 aliphatic heterocycles. The fourth-order valence-corrected chi connectivity index (χ4v) is 1.98. The first-order valence-electron chi connectivity index (χ1n) is 8.04. The maximum atomic E-state index is 12.4. The van der Waals surface area contributed by atoms with Crippen molar-refractivity contribution in [2.75, 3.05) is 6.61 Å². The predicted molar refractivity (Wildman–Crippen MR) is 87.8 cm³/mol. The Kier molecular flexibility index (Phi) is 8.92. The standard InChI is InChI=1S/C16H30N2O6/c1-7-23-14(21)13(20)18(15(22)24-16(4,5)6)12(19)9-11(17)8-10(2)3/h10-11,13,20H,7-9,17H2,1-6H3. The van der Waals surface area contributed by atoms with E-state index in [9.17, 15) is 19.5 Å². The summed E-state index contributed by atoms with van der Waals surface area (Å²) in [6.07, 6.45) is -2.83. The molecule has 0 rings (SSSR count). The minimum atomic E-state index is -2.07. The van der Waals surface area contributed by atoms with Crippen molar-refractivity contribution in [3.63, 3.8) is 0 Å². The monoisotopic (exact) mass is 346 g/mol. The highest BCUT2D eigenvalue weighted by atomic mass is 16.6. The summed E-state index contributed by atoms with van der Waals surface area (Å²) in [5.74, 6) is -1.63. The van der Waals surface area contributed by atoms with E-state index in [1.807, 2.05) is 13.8 Å². The smallest absolute Gasteiger partial charge is 0.419 e.